The monoisotopic (exact) mass is 552 g/mol. The van der Waals surface area contributed by atoms with Gasteiger partial charge in [0.25, 0.3) is 0 Å². The van der Waals surface area contributed by atoms with E-state index in [1.165, 1.54) is 12.3 Å². The summed E-state index contributed by atoms with van der Waals surface area (Å²) < 4.78 is 40.8. The largest absolute Gasteiger partial charge is 0.378 e. The fourth-order valence-corrected chi connectivity index (χ4v) is 5.25. The van der Waals surface area contributed by atoms with Crippen LogP contribution in [0.25, 0.3) is 22.2 Å². The zero-order valence-electron chi connectivity index (χ0n) is 21.4. The van der Waals surface area contributed by atoms with Crippen LogP contribution in [-0.4, -0.2) is 67.6 Å². The summed E-state index contributed by atoms with van der Waals surface area (Å²) in [5.41, 5.74) is 4.12. The smallest absolute Gasteiger partial charge is 0.152 e. The fourth-order valence-electron chi connectivity index (χ4n) is 5.08. The Morgan fingerprint density at radius 2 is 1.62 bits per heavy atom. The Bertz CT molecular complexity index is 1530. The van der Waals surface area contributed by atoms with Crippen molar-refractivity contribution in [2.24, 2.45) is 0 Å². The Kier molecular flexibility index (Phi) is 7.16. The number of hydrogen-bond donors (Lipinski definition) is 1. The molecule has 2 fully saturated rings. The summed E-state index contributed by atoms with van der Waals surface area (Å²) in [6.45, 7) is 7.13. The molecule has 1 aromatic carbocycles. The number of rotatable bonds is 5. The number of pyridine rings is 3. The number of anilines is 4. The van der Waals surface area contributed by atoms with Gasteiger partial charge in [0.15, 0.2) is 5.82 Å². The van der Waals surface area contributed by atoms with E-state index in [0.29, 0.717) is 72.7 Å². The minimum absolute atomic E-state index is 0.181. The normalized spacial score (nSPS) is 16.1. The molecule has 5 heterocycles. The quantitative estimate of drug-likeness (QED) is 0.355. The third kappa shape index (κ3) is 5.19. The molecule has 3 aromatic heterocycles. The molecule has 2 aliphatic heterocycles. The average Bonchev–Trinajstić information content (AvgIpc) is 2.95. The molecule has 0 bridgehead atoms. The van der Waals surface area contributed by atoms with Gasteiger partial charge in [-0.15, -0.1) is 0 Å². The molecular weight excluding hydrogens is 526 g/mol. The summed E-state index contributed by atoms with van der Waals surface area (Å²) >= 11 is 6.22. The van der Waals surface area contributed by atoms with Crippen LogP contribution in [-0.2, 0) is 9.47 Å². The van der Waals surface area contributed by atoms with Crippen molar-refractivity contribution in [3.8, 4) is 11.3 Å². The Labute approximate surface area is 229 Å². The van der Waals surface area contributed by atoms with Crippen LogP contribution in [0.2, 0.25) is 5.02 Å². The second-order valence-electron chi connectivity index (χ2n) is 9.52. The molecule has 1 N–H and O–H groups in total. The number of nitrogens with one attached hydrogen (secondary N) is 1. The van der Waals surface area contributed by atoms with Gasteiger partial charge in [-0.2, -0.15) is 0 Å². The van der Waals surface area contributed by atoms with Gasteiger partial charge in [0.05, 0.1) is 71.3 Å². The van der Waals surface area contributed by atoms with E-state index in [1.54, 1.807) is 12.3 Å². The standard InChI is InChI=1S/C28H27ClF2N6O2/c1-17-26(18-10-19(29)15-32-14-18)34-23-12-20(30)11-22(31)25(23)27(17)35-24-13-21(36-2-6-38-7-3-36)16-33-28(24)37-4-8-39-9-5-37/h10-16H,2-9H2,1H3,(H,34,35). The summed E-state index contributed by atoms with van der Waals surface area (Å²) in [6.07, 6.45) is 5.02. The maximum Gasteiger partial charge on any atom is 0.152 e. The van der Waals surface area contributed by atoms with Crippen LogP contribution in [0.3, 0.4) is 0 Å². The molecule has 4 aromatic rings. The molecule has 2 aliphatic rings. The van der Waals surface area contributed by atoms with Crippen LogP contribution in [0.1, 0.15) is 5.56 Å². The van der Waals surface area contributed by atoms with Crippen molar-refractivity contribution in [3.63, 3.8) is 0 Å². The highest BCUT2D eigenvalue weighted by Gasteiger charge is 2.23. The molecule has 0 unspecified atom stereocenters. The molecule has 6 rings (SSSR count). The summed E-state index contributed by atoms with van der Waals surface area (Å²) in [6, 6.07) is 5.86. The molecule has 0 spiro atoms. The Morgan fingerprint density at radius 1 is 0.897 bits per heavy atom. The van der Waals surface area contributed by atoms with Gasteiger partial charge in [-0.1, -0.05) is 11.6 Å². The molecule has 0 radical (unpaired) electrons. The van der Waals surface area contributed by atoms with Gasteiger partial charge in [-0.3, -0.25) is 4.98 Å². The van der Waals surface area contributed by atoms with Crippen LogP contribution in [0.5, 0.6) is 0 Å². The lowest BCUT2D eigenvalue weighted by Crippen LogP contribution is -2.38. The van der Waals surface area contributed by atoms with Crippen molar-refractivity contribution >= 4 is 45.4 Å². The number of halogens is 3. The van der Waals surface area contributed by atoms with Crippen LogP contribution in [0.15, 0.2) is 42.9 Å². The first kappa shape index (κ1) is 25.7. The Morgan fingerprint density at radius 3 is 2.33 bits per heavy atom. The van der Waals surface area contributed by atoms with Crippen molar-refractivity contribution in [1.82, 2.24) is 15.0 Å². The van der Waals surface area contributed by atoms with Crippen molar-refractivity contribution in [2.45, 2.75) is 6.92 Å². The molecule has 0 saturated carbocycles. The second kappa shape index (κ2) is 10.9. The minimum atomic E-state index is -0.706. The van der Waals surface area contributed by atoms with E-state index in [2.05, 4.69) is 25.1 Å². The van der Waals surface area contributed by atoms with E-state index < -0.39 is 11.6 Å². The second-order valence-corrected chi connectivity index (χ2v) is 9.96. The number of fused-ring (bicyclic) bond motifs is 1. The fraction of sp³-hybridized carbons (Fsp3) is 0.321. The van der Waals surface area contributed by atoms with E-state index in [4.69, 9.17) is 26.1 Å². The average molecular weight is 553 g/mol. The van der Waals surface area contributed by atoms with Crippen LogP contribution >= 0.6 is 11.6 Å². The lowest BCUT2D eigenvalue weighted by Gasteiger charge is -2.32. The topological polar surface area (TPSA) is 75.6 Å². The highest BCUT2D eigenvalue weighted by molar-refractivity contribution is 6.30. The number of hydrogen-bond acceptors (Lipinski definition) is 8. The van der Waals surface area contributed by atoms with Gasteiger partial charge in [0, 0.05) is 56.3 Å². The zero-order chi connectivity index (χ0) is 26.9. The van der Waals surface area contributed by atoms with Crippen LogP contribution in [0, 0.1) is 18.6 Å². The summed E-state index contributed by atoms with van der Waals surface area (Å²) in [5, 5.41) is 4.11. The highest BCUT2D eigenvalue weighted by atomic mass is 35.5. The molecular formula is C28H27ClF2N6O2. The van der Waals surface area contributed by atoms with Crippen molar-refractivity contribution in [3.05, 3.63) is 65.1 Å². The van der Waals surface area contributed by atoms with E-state index >= 15 is 4.39 Å². The van der Waals surface area contributed by atoms with Crippen LogP contribution < -0.4 is 15.1 Å². The van der Waals surface area contributed by atoms with E-state index in [-0.39, 0.29) is 10.9 Å². The van der Waals surface area contributed by atoms with Gasteiger partial charge >= 0.3 is 0 Å². The maximum atomic E-state index is 15.4. The third-order valence-corrected chi connectivity index (χ3v) is 7.23. The first-order valence-electron chi connectivity index (χ1n) is 12.8. The van der Waals surface area contributed by atoms with E-state index in [9.17, 15) is 4.39 Å². The molecule has 0 amide bonds. The van der Waals surface area contributed by atoms with Crippen LogP contribution in [0.4, 0.5) is 31.7 Å². The van der Waals surface area contributed by atoms with Gasteiger partial charge < -0.3 is 24.6 Å². The first-order valence-corrected chi connectivity index (χ1v) is 13.2. The maximum absolute atomic E-state index is 15.4. The highest BCUT2D eigenvalue weighted by Crippen LogP contribution is 2.40. The number of benzene rings is 1. The minimum Gasteiger partial charge on any atom is -0.378 e. The third-order valence-electron chi connectivity index (χ3n) is 7.02. The Balaban J connectivity index is 1.53. The molecule has 39 heavy (non-hydrogen) atoms. The van der Waals surface area contributed by atoms with Gasteiger partial charge in [-0.25, -0.2) is 18.7 Å². The van der Waals surface area contributed by atoms with E-state index in [0.717, 1.165) is 30.7 Å². The van der Waals surface area contributed by atoms with Gasteiger partial charge in [0.2, 0.25) is 0 Å². The predicted molar refractivity (Wildman–Crippen MR) is 148 cm³/mol. The summed E-state index contributed by atoms with van der Waals surface area (Å²) in [4.78, 5) is 18.0. The molecule has 0 aliphatic carbocycles. The zero-order valence-corrected chi connectivity index (χ0v) is 22.1. The summed E-state index contributed by atoms with van der Waals surface area (Å²) in [7, 11) is 0. The first-order chi connectivity index (χ1) is 19.0. The molecule has 0 atom stereocenters. The van der Waals surface area contributed by atoms with Crippen molar-refractivity contribution in [1.29, 1.82) is 0 Å². The van der Waals surface area contributed by atoms with Crippen molar-refractivity contribution < 1.29 is 18.3 Å². The lowest BCUT2D eigenvalue weighted by atomic mass is 10.0. The molecule has 2 saturated heterocycles. The lowest BCUT2D eigenvalue weighted by molar-refractivity contribution is 0.122. The molecule has 11 heteroatoms. The Hall–Kier alpha value is -3.60. The molecule has 8 nitrogen and oxygen atoms in total. The summed E-state index contributed by atoms with van der Waals surface area (Å²) in [5.74, 6) is -0.681. The number of ether oxygens (including phenoxy) is 2. The number of morpholine rings is 2. The van der Waals surface area contributed by atoms with Gasteiger partial charge in [0.1, 0.15) is 11.6 Å². The SMILES string of the molecule is Cc1c(-c2cncc(Cl)c2)nc2cc(F)cc(F)c2c1Nc1cc(N2CCOCC2)cnc1N1CCOCC1. The number of nitrogens with zero attached hydrogens (tertiary/aromatic N) is 5. The predicted octanol–water partition coefficient (Wildman–Crippen LogP) is 5.35. The molecule has 202 valence electrons. The van der Waals surface area contributed by atoms with Gasteiger partial charge in [-0.05, 0) is 24.6 Å². The van der Waals surface area contributed by atoms with E-state index in [1.807, 2.05) is 19.2 Å². The number of aromatic nitrogens is 3. The van der Waals surface area contributed by atoms with Crippen molar-refractivity contribution in [2.75, 3.05) is 67.7 Å².